The summed E-state index contributed by atoms with van der Waals surface area (Å²) in [7, 11) is 7.26. The van der Waals surface area contributed by atoms with E-state index in [1.807, 2.05) is 61.5 Å². The Bertz CT molecular complexity index is 1310. The lowest BCUT2D eigenvalue weighted by molar-refractivity contribution is 0.354. The number of methoxy groups -OCH3 is 2. The maximum absolute atomic E-state index is 13.5. The standard InChI is InChI=1S/C27H30N4O3/c1-31(2)18-12-9-16(10-13-18)25-29-26-24(27(32)30-25)23(19-7-5-6-8-20(19)28-26)17-11-14-21(33-3)22(15-17)34-4/h9-15,23H,5-8H2,1-4H3,(H2,28,29,30,32). The van der Waals surface area contributed by atoms with Gasteiger partial charge < -0.3 is 24.7 Å². The first kappa shape index (κ1) is 22.1. The minimum atomic E-state index is -0.173. The van der Waals surface area contributed by atoms with Gasteiger partial charge in [-0.05, 0) is 73.2 Å². The second-order valence-electron chi connectivity index (χ2n) is 9.00. The van der Waals surface area contributed by atoms with Crippen LogP contribution in [-0.2, 0) is 0 Å². The molecule has 0 radical (unpaired) electrons. The molecule has 176 valence electrons. The molecule has 0 amide bonds. The van der Waals surface area contributed by atoms with Gasteiger partial charge in [0, 0.05) is 37.0 Å². The van der Waals surface area contributed by atoms with E-state index in [1.165, 1.54) is 11.3 Å². The highest BCUT2D eigenvalue weighted by Crippen LogP contribution is 2.46. The van der Waals surface area contributed by atoms with Crippen LogP contribution in [0.4, 0.5) is 11.5 Å². The van der Waals surface area contributed by atoms with Crippen LogP contribution >= 0.6 is 0 Å². The molecule has 1 atom stereocenters. The van der Waals surface area contributed by atoms with Crippen molar-refractivity contribution in [2.24, 2.45) is 0 Å². The summed E-state index contributed by atoms with van der Waals surface area (Å²) in [4.78, 5) is 23.5. The van der Waals surface area contributed by atoms with Crippen molar-refractivity contribution in [3.63, 3.8) is 0 Å². The predicted molar refractivity (Wildman–Crippen MR) is 135 cm³/mol. The fourth-order valence-electron chi connectivity index (χ4n) is 5.01. The summed E-state index contributed by atoms with van der Waals surface area (Å²) < 4.78 is 11.0. The number of fused-ring (bicyclic) bond motifs is 1. The number of aromatic nitrogens is 2. The maximum atomic E-state index is 13.5. The molecular weight excluding hydrogens is 428 g/mol. The van der Waals surface area contributed by atoms with Crippen LogP contribution in [0.3, 0.4) is 0 Å². The van der Waals surface area contributed by atoms with Crippen molar-refractivity contribution < 1.29 is 9.47 Å². The molecule has 2 aliphatic rings. The quantitative estimate of drug-likeness (QED) is 0.566. The smallest absolute Gasteiger partial charge is 0.257 e. The minimum absolute atomic E-state index is 0.124. The van der Waals surface area contributed by atoms with E-state index >= 15 is 0 Å². The summed E-state index contributed by atoms with van der Waals surface area (Å²) in [6.07, 6.45) is 4.15. The van der Waals surface area contributed by atoms with Gasteiger partial charge in [0.25, 0.3) is 5.56 Å². The van der Waals surface area contributed by atoms with Crippen LogP contribution in [0.2, 0.25) is 0 Å². The van der Waals surface area contributed by atoms with Gasteiger partial charge in [0.15, 0.2) is 11.5 Å². The lowest BCUT2D eigenvalue weighted by Gasteiger charge is -2.34. The van der Waals surface area contributed by atoms with Gasteiger partial charge in [0.05, 0.1) is 19.8 Å². The topological polar surface area (TPSA) is 79.5 Å². The Morgan fingerprint density at radius 2 is 1.71 bits per heavy atom. The fraction of sp³-hybridized carbons (Fsp3) is 0.333. The molecule has 7 nitrogen and oxygen atoms in total. The number of ether oxygens (including phenoxy) is 2. The molecule has 7 heteroatoms. The summed E-state index contributed by atoms with van der Waals surface area (Å²) in [5, 5.41) is 3.51. The number of hydrogen-bond acceptors (Lipinski definition) is 6. The maximum Gasteiger partial charge on any atom is 0.257 e. The predicted octanol–water partition coefficient (Wildman–Crippen LogP) is 4.91. The zero-order chi connectivity index (χ0) is 23.8. The average molecular weight is 459 g/mol. The van der Waals surface area contributed by atoms with E-state index in [0.29, 0.717) is 28.7 Å². The van der Waals surface area contributed by atoms with Gasteiger partial charge in [-0.1, -0.05) is 6.07 Å². The van der Waals surface area contributed by atoms with Crippen molar-refractivity contribution >= 4 is 11.5 Å². The molecule has 2 heterocycles. The van der Waals surface area contributed by atoms with Gasteiger partial charge in [-0.25, -0.2) is 4.98 Å². The Morgan fingerprint density at radius 3 is 2.41 bits per heavy atom. The Kier molecular flexibility index (Phi) is 5.77. The SMILES string of the molecule is COc1ccc(C2C3=C(CCCC3)Nc3nc(-c4ccc(N(C)C)cc4)[nH]c(=O)c32)cc1OC. The number of aromatic amines is 1. The molecule has 1 aromatic heterocycles. The van der Waals surface area contributed by atoms with Crippen molar-refractivity contribution in [2.45, 2.75) is 31.6 Å². The molecule has 2 aromatic carbocycles. The molecular formula is C27H30N4O3. The van der Waals surface area contributed by atoms with E-state index in [1.54, 1.807) is 14.2 Å². The molecule has 1 aliphatic carbocycles. The van der Waals surface area contributed by atoms with Crippen LogP contribution in [0.15, 0.2) is 58.5 Å². The molecule has 3 aromatic rings. The summed E-state index contributed by atoms with van der Waals surface area (Å²) >= 11 is 0. The van der Waals surface area contributed by atoms with Crippen LogP contribution in [0.1, 0.15) is 42.7 Å². The molecule has 0 saturated carbocycles. The second-order valence-corrected chi connectivity index (χ2v) is 9.00. The Morgan fingerprint density at radius 1 is 0.971 bits per heavy atom. The number of H-pyrrole nitrogens is 1. The normalized spacial score (nSPS) is 16.9. The van der Waals surface area contributed by atoms with Crippen LogP contribution in [0, 0.1) is 0 Å². The molecule has 2 N–H and O–H groups in total. The van der Waals surface area contributed by atoms with Crippen molar-refractivity contribution in [3.8, 4) is 22.9 Å². The first-order valence-electron chi connectivity index (χ1n) is 11.6. The number of nitrogens with one attached hydrogen (secondary N) is 2. The van der Waals surface area contributed by atoms with Crippen LogP contribution in [-0.4, -0.2) is 38.3 Å². The third-order valence-electron chi connectivity index (χ3n) is 6.77. The Hall–Kier alpha value is -3.74. The van der Waals surface area contributed by atoms with E-state index in [2.05, 4.69) is 10.3 Å². The summed E-state index contributed by atoms with van der Waals surface area (Å²) in [6, 6.07) is 13.9. The Labute approximate surface area is 199 Å². The average Bonchev–Trinajstić information content (AvgIpc) is 2.87. The van der Waals surface area contributed by atoms with E-state index in [0.717, 1.165) is 42.5 Å². The van der Waals surface area contributed by atoms with E-state index in [9.17, 15) is 4.79 Å². The third-order valence-corrected chi connectivity index (χ3v) is 6.77. The number of hydrogen-bond donors (Lipinski definition) is 2. The molecule has 0 bridgehead atoms. The molecule has 34 heavy (non-hydrogen) atoms. The molecule has 0 fully saturated rings. The molecule has 1 unspecified atom stereocenters. The Balaban J connectivity index is 1.64. The summed E-state index contributed by atoms with van der Waals surface area (Å²) in [5.41, 5.74) is 5.95. The number of nitrogens with zero attached hydrogens (tertiary/aromatic N) is 2. The highest BCUT2D eigenvalue weighted by atomic mass is 16.5. The van der Waals surface area contributed by atoms with E-state index in [4.69, 9.17) is 14.5 Å². The zero-order valence-corrected chi connectivity index (χ0v) is 20.1. The van der Waals surface area contributed by atoms with Gasteiger partial charge in [-0.2, -0.15) is 0 Å². The number of allylic oxidation sites excluding steroid dienone is 2. The van der Waals surface area contributed by atoms with Crippen molar-refractivity contribution in [3.05, 3.63) is 75.2 Å². The van der Waals surface area contributed by atoms with Gasteiger partial charge >= 0.3 is 0 Å². The summed E-state index contributed by atoms with van der Waals surface area (Å²) in [6.45, 7) is 0. The number of rotatable bonds is 5. The third kappa shape index (κ3) is 3.81. The molecule has 0 saturated heterocycles. The first-order valence-corrected chi connectivity index (χ1v) is 11.6. The van der Waals surface area contributed by atoms with Crippen LogP contribution in [0.25, 0.3) is 11.4 Å². The monoisotopic (exact) mass is 458 g/mol. The van der Waals surface area contributed by atoms with Crippen LogP contribution < -0.4 is 25.2 Å². The lowest BCUT2D eigenvalue weighted by Crippen LogP contribution is -2.29. The summed E-state index contributed by atoms with van der Waals surface area (Å²) in [5.74, 6) is 2.35. The molecule has 0 spiro atoms. The van der Waals surface area contributed by atoms with Gasteiger partial charge in [-0.15, -0.1) is 0 Å². The van der Waals surface area contributed by atoms with Gasteiger partial charge in [-0.3, -0.25) is 4.79 Å². The van der Waals surface area contributed by atoms with E-state index < -0.39 is 0 Å². The minimum Gasteiger partial charge on any atom is -0.493 e. The molecule has 5 rings (SSSR count). The van der Waals surface area contributed by atoms with Crippen molar-refractivity contribution in [1.82, 2.24) is 9.97 Å². The molecule has 1 aliphatic heterocycles. The van der Waals surface area contributed by atoms with E-state index in [-0.39, 0.29) is 11.5 Å². The van der Waals surface area contributed by atoms with Crippen LogP contribution in [0.5, 0.6) is 11.5 Å². The van der Waals surface area contributed by atoms with Crippen molar-refractivity contribution in [2.75, 3.05) is 38.5 Å². The first-order chi connectivity index (χ1) is 16.5. The number of benzene rings is 2. The van der Waals surface area contributed by atoms with Gasteiger partial charge in [0.2, 0.25) is 0 Å². The zero-order valence-electron chi connectivity index (χ0n) is 20.1. The fourth-order valence-corrected chi connectivity index (χ4v) is 5.01. The highest BCUT2D eigenvalue weighted by Gasteiger charge is 2.34. The van der Waals surface area contributed by atoms with Crippen molar-refractivity contribution in [1.29, 1.82) is 0 Å². The second kappa shape index (κ2) is 8.89. The van der Waals surface area contributed by atoms with Gasteiger partial charge in [0.1, 0.15) is 11.6 Å². The lowest BCUT2D eigenvalue weighted by atomic mass is 9.77. The highest BCUT2D eigenvalue weighted by molar-refractivity contribution is 5.67. The largest absolute Gasteiger partial charge is 0.493 e. The number of anilines is 2.